The molecule has 0 radical (unpaired) electrons. The Morgan fingerprint density at radius 3 is 2.84 bits per heavy atom. The van der Waals surface area contributed by atoms with Crippen molar-refractivity contribution < 1.29 is 4.79 Å². The Bertz CT molecular complexity index is 408. The fourth-order valence-electron chi connectivity index (χ4n) is 1.88. The van der Waals surface area contributed by atoms with E-state index in [9.17, 15) is 4.79 Å². The third-order valence-electron chi connectivity index (χ3n) is 3.29. The molecule has 1 aromatic heterocycles. The summed E-state index contributed by atoms with van der Waals surface area (Å²) in [4.78, 5) is 18.5. The number of nitrogens with two attached hydrogens (primary N) is 1. The molecule has 0 saturated heterocycles. The average molecular weight is 264 g/mol. The Labute approximate surface area is 115 Å². The normalized spacial score (nSPS) is 12.0. The van der Waals surface area contributed by atoms with Gasteiger partial charge in [-0.2, -0.15) is 0 Å². The van der Waals surface area contributed by atoms with Crippen LogP contribution in [-0.4, -0.2) is 28.4 Å². The lowest BCUT2D eigenvalue weighted by Gasteiger charge is -2.28. The van der Waals surface area contributed by atoms with Crippen LogP contribution < -0.4 is 11.3 Å². The van der Waals surface area contributed by atoms with Crippen molar-refractivity contribution in [2.45, 2.75) is 46.1 Å². The number of hydrogen-bond donors (Lipinski definition) is 2. The molecule has 1 heterocycles. The van der Waals surface area contributed by atoms with E-state index in [2.05, 4.69) is 31.2 Å². The number of hydrazine groups is 1. The summed E-state index contributed by atoms with van der Waals surface area (Å²) >= 11 is 0. The van der Waals surface area contributed by atoms with Gasteiger partial charge in [0.2, 0.25) is 0 Å². The summed E-state index contributed by atoms with van der Waals surface area (Å²) < 4.78 is 0. The molecule has 1 amide bonds. The number of unbranched alkanes of at least 4 members (excludes halogenated alkanes) is 1. The Morgan fingerprint density at radius 1 is 1.53 bits per heavy atom. The molecule has 0 aliphatic carbocycles. The smallest absolute Gasteiger partial charge is 0.254 e. The van der Waals surface area contributed by atoms with Crippen molar-refractivity contribution in [3.05, 3.63) is 23.9 Å². The predicted octanol–water partition coefficient (Wildman–Crippen LogP) is 2.41. The van der Waals surface area contributed by atoms with E-state index in [1.807, 2.05) is 4.90 Å². The van der Waals surface area contributed by atoms with Crippen molar-refractivity contribution in [3.63, 3.8) is 0 Å². The summed E-state index contributed by atoms with van der Waals surface area (Å²) in [6.45, 7) is 7.09. The number of amides is 1. The largest absolute Gasteiger partial charge is 0.336 e. The van der Waals surface area contributed by atoms with Crippen molar-refractivity contribution in [3.8, 4) is 0 Å². The van der Waals surface area contributed by atoms with Gasteiger partial charge < -0.3 is 10.3 Å². The van der Waals surface area contributed by atoms with Crippen LogP contribution in [0.2, 0.25) is 0 Å². The number of aromatic nitrogens is 1. The van der Waals surface area contributed by atoms with E-state index in [0.29, 0.717) is 11.4 Å². The highest BCUT2D eigenvalue weighted by Crippen LogP contribution is 2.14. The Kier molecular flexibility index (Phi) is 6.29. The zero-order chi connectivity index (χ0) is 14.3. The number of rotatable bonds is 7. The summed E-state index contributed by atoms with van der Waals surface area (Å²) in [5, 5.41) is 0. The van der Waals surface area contributed by atoms with Gasteiger partial charge in [0.25, 0.3) is 5.91 Å². The minimum Gasteiger partial charge on any atom is -0.336 e. The lowest BCUT2D eigenvalue weighted by Crippen LogP contribution is -2.39. The molecule has 1 rings (SSSR count). The maximum absolute atomic E-state index is 12.5. The number of hydrogen-bond acceptors (Lipinski definition) is 4. The molecule has 0 fully saturated rings. The van der Waals surface area contributed by atoms with Gasteiger partial charge in [-0.3, -0.25) is 4.79 Å². The second kappa shape index (κ2) is 7.74. The first kappa shape index (κ1) is 15.4. The highest BCUT2D eigenvalue weighted by molar-refractivity contribution is 5.95. The average Bonchev–Trinajstić information content (AvgIpc) is 2.47. The van der Waals surface area contributed by atoms with Crippen molar-refractivity contribution in [2.24, 2.45) is 5.84 Å². The minimum atomic E-state index is 0.0432. The summed E-state index contributed by atoms with van der Waals surface area (Å²) in [6, 6.07) is 3.65. The van der Waals surface area contributed by atoms with Crippen LogP contribution in [0.4, 0.5) is 5.82 Å². The Balaban J connectivity index is 2.90. The molecule has 5 nitrogen and oxygen atoms in total. The Hall–Kier alpha value is -1.62. The van der Waals surface area contributed by atoms with Crippen LogP contribution in [0.1, 0.15) is 50.4 Å². The second-order valence-electron chi connectivity index (χ2n) is 4.68. The maximum Gasteiger partial charge on any atom is 0.254 e. The molecular formula is C14H24N4O. The second-order valence-corrected chi connectivity index (χ2v) is 4.68. The molecule has 1 aromatic rings. The van der Waals surface area contributed by atoms with E-state index in [1.54, 1.807) is 18.3 Å². The first-order valence-corrected chi connectivity index (χ1v) is 6.87. The molecule has 0 spiro atoms. The molecule has 0 bridgehead atoms. The first-order valence-electron chi connectivity index (χ1n) is 6.87. The molecular weight excluding hydrogens is 240 g/mol. The molecule has 5 heteroatoms. The zero-order valence-electron chi connectivity index (χ0n) is 12.0. The van der Waals surface area contributed by atoms with Crippen LogP contribution in [-0.2, 0) is 0 Å². The molecule has 3 N–H and O–H groups in total. The van der Waals surface area contributed by atoms with Crippen LogP contribution in [0, 0.1) is 0 Å². The molecule has 1 unspecified atom stereocenters. The van der Waals surface area contributed by atoms with Gasteiger partial charge in [0.1, 0.15) is 5.82 Å². The quantitative estimate of drug-likeness (QED) is 0.586. The predicted molar refractivity (Wildman–Crippen MR) is 77.7 cm³/mol. The van der Waals surface area contributed by atoms with Gasteiger partial charge in [0.15, 0.2) is 0 Å². The van der Waals surface area contributed by atoms with Crippen LogP contribution in [0.5, 0.6) is 0 Å². The monoisotopic (exact) mass is 264 g/mol. The van der Waals surface area contributed by atoms with Crippen LogP contribution >= 0.6 is 0 Å². The van der Waals surface area contributed by atoms with Crippen molar-refractivity contribution in [2.75, 3.05) is 12.0 Å². The number of carbonyl (C=O) groups excluding carboxylic acids is 1. The van der Waals surface area contributed by atoms with E-state index in [-0.39, 0.29) is 11.9 Å². The summed E-state index contributed by atoms with van der Waals surface area (Å²) in [5.74, 6) is 5.87. The van der Waals surface area contributed by atoms with Gasteiger partial charge in [0, 0.05) is 24.3 Å². The van der Waals surface area contributed by atoms with E-state index < -0.39 is 0 Å². The van der Waals surface area contributed by atoms with Crippen molar-refractivity contribution in [1.82, 2.24) is 9.88 Å². The summed E-state index contributed by atoms with van der Waals surface area (Å²) in [5.41, 5.74) is 3.09. The topological polar surface area (TPSA) is 71.2 Å². The molecule has 0 aliphatic rings. The van der Waals surface area contributed by atoms with Gasteiger partial charge >= 0.3 is 0 Å². The number of nitrogens with zero attached hydrogens (tertiary/aromatic N) is 2. The van der Waals surface area contributed by atoms with E-state index in [4.69, 9.17) is 5.84 Å². The van der Waals surface area contributed by atoms with Gasteiger partial charge in [-0.25, -0.2) is 10.8 Å². The van der Waals surface area contributed by atoms with Gasteiger partial charge in [-0.05, 0) is 31.9 Å². The SMILES string of the molecule is CCCCN(C(=O)c1ccnc(NN)c1)C(C)CC. The van der Waals surface area contributed by atoms with E-state index in [0.717, 1.165) is 25.8 Å². The van der Waals surface area contributed by atoms with Gasteiger partial charge in [-0.1, -0.05) is 20.3 Å². The molecule has 0 aliphatic heterocycles. The first-order chi connectivity index (χ1) is 9.13. The standard InChI is InChI=1S/C14H24N4O/c1-4-6-9-18(11(3)5-2)14(19)12-7-8-16-13(10-12)17-15/h7-8,10-11H,4-6,9,15H2,1-3H3,(H,16,17). The van der Waals surface area contributed by atoms with E-state index in [1.165, 1.54) is 0 Å². The summed E-state index contributed by atoms with van der Waals surface area (Å²) in [6.07, 6.45) is 4.63. The number of pyridine rings is 1. The third-order valence-corrected chi connectivity index (χ3v) is 3.29. The highest BCUT2D eigenvalue weighted by Gasteiger charge is 2.20. The van der Waals surface area contributed by atoms with Gasteiger partial charge in [-0.15, -0.1) is 0 Å². The number of nitrogen functional groups attached to an aromatic ring is 1. The maximum atomic E-state index is 12.5. The lowest BCUT2D eigenvalue weighted by atomic mass is 10.1. The number of carbonyl (C=O) groups is 1. The fraction of sp³-hybridized carbons (Fsp3) is 0.571. The minimum absolute atomic E-state index is 0.0432. The highest BCUT2D eigenvalue weighted by atomic mass is 16.2. The van der Waals surface area contributed by atoms with Crippen molar-refractivity contribution in [1.29, 1.82) is 0 Å². The molecule has 0 aromatic carbocycles. The number of anilines is 1. The zero-order valence-corrected chi connectivity index (χ0v) is 12.0. The van der Waals surface area contributed by atoms with E-state index >= 15 is 0 Å². The number of nitrogens with one attached hydrogen (secondary N) is 1. The third kappa shape index (κ3) is 4.21. The van der Waals surface area contributed by atoms with Crippen LogP contribution in [0.25, 0.3) is 0 Å². The molecule has 106 valence electrons. The van der Waals surface area contributed by atoms with Crippen LogP contribution in [0.15, 0.2) is 18.3 Å². The molecule has 0 saturated carbocycles. The molecule has 19 heavy (non-hydrogen) atoms. The molecule has 1 atom stereocenters. The fourth-order valence-corrected chi connectivity index (χ4v) is 1.88. The van der Waals surface area contributed by atoms with Gasteiger partial charge in [0.05, 0.1) is 0 Å². The summed E-state index contributed by atoms with van der Waals surface area (Å²) in [7, 11) is 0. The van der Waals surface area contributed by atoms with Crippen molar-refractivity contribution >= 4 is 11.7 Å². The lowest BCUT2D eigenvalue weighted by molar-refractivity contribution is 0.0685. The van der Waals surface area contributed by atoms with Crippen LogP contribution in [0.3, 0.4) is 0 Å². The Morgan fingerprint density at radius 2 is 2.26 bits per heavy atom.